The number of carbonyl (C=O) groups excluding carboxylic acids is 1. The first kappa shape index (κ1) is 23.9. The Morgan fingerprint density at radius 2 is 1.88 bits per heavy atom. The van der Waals surface area contributed by atoms with Crippen molar-refractivity contribution in [3.05, 3.63) is 105 Å². The van der Waals surface area contributed by atoms with Crippen LogP contribution >= 0.6 is 39.1 Å². The third kappa shape index (κ3) is 6.60. The molecule has 5 nitrogen and oxygen atoms in total. The van der Waals surface area contributed by atoms with Crippen LogP contribution in [0.2, 0.25) is 10.0 Å². The van der Waals surface area contributed by atoms with E-state index in [0.717, 1.165) is 15.6 Å². The summed E-state index contributed by atoms with van der Waals surface area (Å²) in [7, 11) is 0. The number of carbonyl (C=O) groups is 1. The molecule has 0 aliphatic rings. The van der Waals surface area contributed by atoms with Crippen LogP contribution in [0.1, 0.15) is 21.5 Å². The fourth-order valence-corrected chi connectivity index (χ4v) is 3.64. The van der Waals surface area contributed by atoms with Crippen LogP contribution in [0.3, 0.4) is 0 Å². The van der Waals surface area contributed by atoms with Gasteiger partial charge in [-0.1, -0.05) is 54.1 Å². The van der Waals surface area contributed by atoms with E-state index in [1.54, 1.807) is 48.5 Å². The molecule has 1 amide bonds. The normalized spacial score (nSPS) is 10.7. The monoisotopic (exact) mass is 532 g/mol. The van der Waals surface area contributed by atoms with Gasteiger partial charge in [0.25, 0.3) is 5.91 Å². The molecule has 32 heavy (non-hydrogen) atoms. The number of hydrogen-bond donors (Lipinski definition) is 1. The van der Waals surface area contributed by atoms with Gasteiger partial charge in [-0.05, 0) is 64.0 Å². The molecule has 0 heterocycles. The van der Waals surface area contributed by atoms with Crippen LogP contribution < -0.4 is 14.9 Å². The number of nitrogens with zero attached hydrogens (tertiary/aromatic N) is 1. The third-order valence-corrected chi connectivity index (χ3v) is 5.43. The molecule has 8 heteroatoms. The van der Waals surface area contributed by atoms with Crippen LogP contribution in [0.15, 0.2) is 82.9 Å². The number of rotatable bonds is 9. The molecule has 0 aliphatic carbocycles. The summed E-state index contributed by atoms with van der Waals surface area (Å²) in [6.07, 6.45) is 3.21. The number of para-hydroxylation sites is 1. The molecule has 0 saturated carbocycles. The van der Waals surface area contributed by atoms with Gasteiger partial charge in [0.05, 0.1) is 16.3 Å². The number of halogens is 3. The van der Waals surface area contributed by atoms with E-state index in [9.17, 15) is 4.79 Å². The number of benzene rings is 3. The van der Waals surface area contributed by atoms with E-state index < -0.39 is 5.91 Å². The van der Waals surface area contributed by atoms with Crippen LogP contribution in [-0.2, 0) is 6.61 Å². The van der Waals surface area contributed by atoms with Crippen molar-refractivity contribution in [2.75, 3.05) is 6.61 Å². The Bertz CT molecular complexity index is 1150. The molecule has 0 fully saturated rings. The zero-order valence-electron chi connectivity index (χ0n) is 16.9. The molecular weight excluding hydrogens is 515 g/mol. The van der Waals surface area contributed by atoms with Gasteiger partial charge in [-0.3, -0.25) is 4.79 Å². The highest BCUT2D eigenvalue weighted by Crippen LogP contribution is 2.26. The average Bonchev–Trinajstić information content (AvgIpc) is 2.78. The molecule has 3 rings (SSSR count). The van der Waals surface area contributed by atoms with Crippen molar-refractivity contribution in [1.82, 2.24) is 5.43 Å². The Morgan fingerprint density at radius 3 is 2.62 bits per heavy atom. The van der Waals surface area contributed by atoms with Crippen LogP contribution in [0.25, 0.3) is 0 Å². The van der Waals surface area contributed by atoms with Gasteiger partial charge < -0.3 is 9.47 Å². The minimum absolute atomic E-state index is 0.192. The molecule has 0 spiro atoms. The lowest BCUT2D eigenvalue weighted by Gasteiger charge is -2.11. The first-order chi connectivity index (χ1) is 15.5. The van der Waals surface area contributed by atoms with Crippen molar-refractivity contribution in [3.63, 3.8) is 0 Å². The predicted molar refractivity (Wildman–Crippen MR) is 132 cm³/mol. The number of amides is 1. The second kappa shape index (κ2) is 11.7. The van der Waals surface area contributed by atoms with E-state index in [-0.39, 0.29) is 6.61 Å². The summed E-state index contributed by atoms with van der Waals surface area (Å²) in [4.78, 5) is 12.6. The van der Waals surface area contributed by atoms with Gasteiger partial charge in [-0.25, -0.2) is 5.43 Å². The number of ether oxygens (including phenoxy) is 2. The molecule has 0 unspecified atom stereocenters. The Hall–Kier alpha value is -2.80. The predicted octanol–water partition coefficient (Wildman–Crippen LogP) is 6.66. The molecule has 0 atom stereocenters. The fourth-order valence-electron chi connectivity index (χ4n) is 2.66. The molecule has 0 aliphatic heterocycles. The van der Waals surface area contributed by atoms with Gasteiger partial charge >= 0.3 is 0 Å². The van der Waals surface area contributed by atoms with E-state index >= 15 is 0 Å². The summed E-state index contributed by atoms with van der Waals surface area (Å²) in [5, 5.41) is 5.08. The van der Waals surface area contributed by atoms with Crippen LogP contribution in [0.5, 0.6) is 11.5 Å². The van der Waals surface area contributed by atoms with Gasteiger partial charge in [-0.15, -0.1) is 0 Å². The maximum absolute atomic E-state index is 12.6. The molecule has 1 N–H and O–H groups in total. The molecule has 0 bridgehead atoms. The second-order valence-corrected chi connectivity index (χ2v) is 8.21. The minimum atomic E-state index is -0.399. The lowest BCUT2D eigenvalue weighted by molar-refractivity contribution is 0.0950. The topological polar surface area (TPSA) is 59.9 Å². The fraction of sp³-hybridized carbons (Fsp3) is 0.0833. The molecule has 3 aromatic rings. The number of hydrazone groups is 1. The van der Waals surface area contributed by atoms with Gasteiger partial charge in [0.1, 0.15) is 24.7 Å². The van der Waals surface area contributed by atoms with Crippen molar-refractivity contribution in [2.24, 2.45) is 5.10 Å². The van der Waals surface area contributed by atoms with E-state index in [1.807, 2.05) is 18.2 Å². The summed E-state index contributed by atoms with van der Waals surface area (Å²) in [6, 6.07) is 17.5. The van der Waals surface area contributed by atoms with E-state index in [0.29, 0.717) is 33.7 Å². The van der Waals surface area contributed by atoms with E-state index in [4.69, 9.17) is 32.7 Å². The zero-order chi connectivity index (χ0) is 22.9. The third-order valence-electron chi connectivity index (χ3n) is 4.22. The minimum Gasteiger partial charge on any atom is -0.488 e. The van der Waals surface area contributed by atoms with Crippen molar-refractivity contribution in [2.45, 2.75) is 6.61 Å². The van der Waals surface area contributed by atoms with Crippen molar-refractivity contribution >= 4 is 51.3 Å². The van der Waals surface area contributed by atoms with E-state index in [2.05, 4.69) is 33.0 Å². The SMILES string of the molecule is C=CCOc1ccc(/C=N/NC(=O)c2ccccc2OCc2ccc(Cl)cc2Cl)cc1Br. The smallest absolute Gasteiger partial charge is 0.275 e. The quantitative estimate of drug-likeness (QED) is 0.190. The maximum Gasteiger partial charge on any atom is 0.275 e. The summed E-state index contributed by atoms with van der Waals surface area (Å²) in [5.41, 5.74) is 4.41. The Labute approximate surface area is 204 Å². The molecule has 0 radical (unpaired) electrons. The standard InChI is InChI=1S/C24H19BrCl2N2O3/c1-2-11-31-23-10-7-16(12-20(23)25)14-28-29-24(30)19-5-3-4-6-22(19)32-15-17-8-9-18(26)13-21(17)27/h2-10,12-14H,1,11,15H2,(H,29,30)/b28-14+. The number of nitrogens with one attached hydrogen (secondary N) is 1. The van der Waals surface area contributed by atoms with Crippen LogP contribution in [0, 0.1) is 0 Å². The average molecular weight is 534 g/mol. The second-order valence-electron chi connectivity index (χ2n) is 6.51. The highest BCUT2D eigenvalue weighted by atomic mass is 79.9. The summed E-state index contributed by atoms with van der Waals surface area (Å²) in [5.74, 6) is 0.708. The van der Waals surface area contributed by atoms with Crippen molar-refractivity contribution in [3.8, 4) is 11.5 Å². The van der Waals surface area contributed by atoms with Crippen molar-refractivity contribution < 1.29 is 14.3 Å². The summed E-state index contributed by atoms with van der Waals surface area (Å²) in [6.45, 7) is 4.23. The van der Waals surface area contributed by atoms with Crippen LogP contribution in [-0.4, -0.2) is 18.7 Å². The molecule has 0 saturated heterocycles. The largest absolute Gasteiger partial charge is 0.488 e. The Balaban J connectivity index is 1.64. The van der Waals surface area contributed by atoms with Crippen LogP contribution in [0.4, 0.5) is 0 Å². The summed E-state index contributed by atoms with van der Waals surface area (Å²) >= 11 is 15.6. The van der Waals surface area contributed by atoms with Gasteiger partial charge in [0.2, 0.25) is 0 Å². The Morgan fingerprint density at radius 1 is 1.06 bits per heavy atom. The lowest BCUT2D eigenvalue weighted by Crippen LogP contribution is -2.18. The zero-order valence-corrected chi connectivity index (χ0v) is 20.0. The summed E-state index contributed by atoms with van der Waals surface area (Å²) < 4.78 is 12.1. The Kier molecular flexibility index (Phi) is 8.73. The highest BCUT2D eigenvalue weighted by Gasteiger charge is 2.12. The first-order valence-electron chi connectivity index (χ1n) is 9.50. The molecule has 3 aromatic carbocycles. The molecular formula is C24H19BrCl2N2O3. The van der Waals surface area contributed by atoms with Gasteiger partial charge in [-0.2, -0.15) is 5.10 Å². The van der Waals surface area contributed by atoms with Crippen molar-refractivity contribution in [1.29, 1.82) is 0 Å². The van der Waals surface area contributed by atoms with Gasteiger partial charge in [0.15, 0.2) is 0 Å². The maximum atomic E-state index is 12.6. The van der Waals surface area contributed by atoms with Gasteiger partial charge in [0, 0.05) is 15.6 Å². The lowest BCUT2D eigenvalue weighted by atomic mass is 10.2. The number of hydrogen-bond acceptors (Lipinski definition) is 4. The highest BCUT2D eigenvalue weighted by molar-refractivity contribution is 9.10. The first-order valence-corrected chi connectivity index (χ1v) is 11.0. The molecule has 0 aromatic heterocycles. The molecule has 164 valence electrons. The van der Waals surface area contributed by atoms with E-state index in [1.165, 1.54) is 6.21 Å².